The first-order valence-electron chi connectivity index (χ1n) is 32.6. The Kier molecular flexibility index (Phi) is 52.3. The fourth-order valence-corrected chi connectivity index (χ4v) is 9.71. The van der Waals surface area contributed by atoms with Crippen LogP contribution >= 0.6 is 0 Å². The van der Waals surface area contributed by atoms with E-state index in [1.165, 1.54) is 161 Å². The zero-order valence-corrected chi connectivity index (χ0v) is 50.9. The minimum atomic E-state index is -1.63. The van der Waals surface area contributed by atoms with Gasteiger partial charge in [0.2, 0.25) is 5.91 Å². The van der Waals surface area contributed by atoms with Crippen molar-refractivity contribution in [2.75, 3.05) is 13.2 Å². The van der Waals surface area contributed by atoms with Crippen LogP contribution in [-0.4, -0.2) is 99.6 Å². The molecule has 0 radical (unpaired) electrons. The van der Waals surface area contributed by atoms with Crippen LogP contribution in [-0.2, 0) is 23.8 Å². The van der Waals surface area contributed by atoms with Gasteiger partial charge in [0.1, 0.15) is 24.4 Å². The van der Waals surface area contributed by atoms with Crippen LogP contribution in [0.1, 0.15) is 265 Å². The minimum absolute atomic E-state index is 0.112. The highest BCUT2D eigenvalue weighted by atomic mass is 16.7. The Balaban J connectivity index is 2.57. The summed E-state index contributed by atoms with van der Waals surface area (Å²) in [5, 5.41) is 56.8. The normalized spacial score (nSPS) is 19.4. The number of unbranched alkanes of at least 4 members (excludes halogenated alkanes) is 30. The quantitative estimate of drug-likeness (QED) is 0.0149. The number of aliphatic hydroxyl groups is 5. The maximum Gasteiger partial charge on any atom is 0.306 e. The first kappa shape index (κ1) is 74.6. The number of aliphatic hydroxyl groups excluding tert-OH is 5. The van der Waals surface area contributed by atoms with Gasteiger partial charge in [-0.05, 0) is 70.6 Å². The van der Waals surface area contributed by atoms with E-state index in [0.717, 1.165) is 57.8 Å². The molecule has 1 fully saturated rings. The zero-order valence-electron chi connectivity index (χ0n) is 50.9. The van der Waals surface area contributed by atoms with Gasteiger partial charge in [0, 0.05) is 6.42 Å². The molecule has 0 bridgehead atoms. The number of carbonyl (C=O) groups excluding carboxylic acids is 2. The van der Waals surface area contributed by atoms with Crippen LogP contribution in [0.4, 0.5) is 0 Å². The number of hydrogen-bond acceptors (Lipinski definition) is 10. The van der Waals surface area contributed by atoms with Gasteiger partial charge in [0.25, 0.3) is 0 Å². The summed E-state index contributed by atoms with van der Waals surface area (Å²) in [4.78, 5) is 26.5. The SMILES string of the molecule is CC/C=C/C=C/C=C\C=C/C=C/CCC(O)C(=O)NC(COC1OC(CO)C(O)C(O)C1OC(=O)CCCCCCCCCCCCCCCCCCC/C=C\C/C=C\CCCCC)C(O)/C=C/CCCCCCCCCCCC. The van der Waals surface area contributed by atoms with E-state index in [4.69, 9.17) is 14.2 Å². The number of nitrogens with one attached hydrogen (secondary N) is 1. The molecule has 11 nitrogen and oxygen atoms in total. The Morgan fingerprint density at radius 3 is 1.45 bits per heavy atom. The first-order chi connectivity index (χ1) is 39.2. The topological polar surface area (TPSA) is 175 Å². The van der Waals surface area contributed by atoms with E-state index in [1.807, 2.05) is 60.8 Å². The van der Waals surface area contributed by atoms with Gasteiger partial charge < -0.3 is 45.1 Å². The first-order valence-corrected chi connectivity index (χ1v) is 32.6. The molecule has 1 rings (SSSR count). The number of amides is 1. The van der Waals surface area contributed by atoms with Crippen molar-refractivity contribution in [3.05, 3.63) is 97.2 Å². The van der Waals surface area contributed by atoms with Crippen LogP contribution in [0, 0.1) is 0 Å². The zero-order chi connectivity index (χ0) is 58.2. The molecule has 1 heterocycles. The molecular weight excluding hydrogens is 1000 g/mol. The molecule has 0 aliphatic carbocycles. The van der Waals surface area contributed by atoms with Crippen molar-refractivity contribution >= 4 is 11.9 Å². The van der Waals surface area contributed by atoms with Gasteiger partial charge in [0.05, 0.1) is 25.4 Å². The van der Waals surface area contributed by atoms with Crippen molar-refractivity contribution in [3.8, 4) is 0 Å². The van der Waals surface area contributed by atoms with Crippen molar-refractivity contribution in [1.29, 1.82) is 0 Å². The predicted octanol–water partition coefficient (Wildman–Crippen LogP) is 15.9. The standard InChI is InChI=1S/C69H119NO10/c1-4-7-10-13-16-19-22-25-26-27-28-29-30-31-32-33-34-35-36-37-38-39-42-45-48-51-54-57-64(74)80-67-66(76)65(75)63(58-71)79-69(67)78-59-60(61(72)55-52-49-46-43-40-23-20-17-14-11-8-5-2)70-68(77)62(73)56-53-50-47-44-41-24-21-18-15-12-9-6-3/h9,12,15-16,18-19,21,24-26,41,44,47,50,52,55,60-63,65-67,69,71-73,75-76H,4-8,10-11,13-14,17,20,22-23,27-40,42-43,45-46,48-49,51,53-54,56-59H2,1-3H3,(H,70,77)/b12-9+,18-15+,19-16-,24-21-,26-25-,44-41-,50-47+,55-52+. The fraction of sp³-hybridized carbons (Fsp3) is 0.739. The van der Waals surface area contributed by atoms with Crippen LogP contribution in [0.2, 0.25) is 0 Å². The van der Waals surface area contributed by atoms with Gasteiger partial charge in [-0.2, -0.15) is 0 Å². The molecule has 1 aliphatic rings. The summed E-state index contributed by atoms with van der Waals surface area (Å²) in [5.41, 5.74) is 0. The van der Waals surface area contributed by atoms with E-state index >= 15 is 0 Å². The maximum atomic E-state index is 13.3. The molecule has 80 heavy (non-hydrogen) atoms. The summed E-state index contributed by atoms with van der Waals surface area (Å²) in [6, 6.07) is -1.06. The summed E-state index contributed by atoms with van der Waals surface area (Å²) in [7, 11) is 0. The lowest BCUT2D eigenvalue weighted by molar-refractivity contribution is -0.305. The van der Waals surface area contributed by atoms with Crippen LogP contribution in [0.3, 0.4) is 0 Å². The third kappa shape index (κ3) is 43.3. The number of ether oxygens (including phenoxy) is 3. The second-order valence-electron chi connectivity index (χ2n) is 22.2. The Labute approximate surface area is 488 Å². The third-order valence-corrected chi connectivity index (χ3v) is 14.9. The van der Waals surface area contributed by atoms with Crippen LogP contribution in [0.15, 0.2) is 97.2 Å². The number of rotatable bonds is 54. The molecule has 1 amide bonds. The molecule has 1 aliphatic heterocycles. The van der Waals surface area contributed by atoms with E-state index in [2.05, 4.69) is 56.5 Å². The molecular formula is C69H119NO10. The van der Waals surface area contributed by atoms with E-state index < -0.39 is 67.4 Å². The monoisotopic (exact) mass is 1120 g/mol. The summed E-state index contributed by atoms with van der Waals surface area (Å²) in [6.07, 6.45) is 64.8. The molecule has 8 unspecified atom stereocenters. The van der Waals surface area contributed by atoms with Gasteiger partial charge in [0.15, 0.2) is 12.4 Å². The molecule has 0 aromatic rings. The smallest absolute Gasteiger partial charge is 0.306 e. The number of esters is 1. The number of carbonyl (C=O) groups is 2. The second kappa shape index (κ2) is 56.1. The highest BCUT2D eigenvalue weighted by Gasteiger charge is 2.47. The Hall–Kier alpha value is -3.42. The van der Waals surface area contributed by atoms with Gasteiger partial charge in [-0.1, -0.05) is 285 Å². The summed E-state index contributed by atoms with van der Waals surface area (Å²) < 4.78 is 17.6. The van der Waals surface area contributed by atoms with Crippen molar-refractivity contribution in [2.45, 2.75) is 314 Å². The summed E-state index contributed by atoms with van der Waals surface area (Å²) >= 11 is 0. The lowest BCUT2D eigenvalue weighted by Crippen LogP contribution is -2.61. The fourth-order valence-electron chi connectivity index (χ4n) is 9.71. The van der Waals surface area contributed by atoms with Crippen LogP contribution < -0.4 is 5.32 Å². The largest absolute Gasteiger partial charge is 0.454 e. The number of hydrogen-bond donors (Lipinski definition) is 6. The van der Waals surface area contributed by atoms with Crippen LogP contribution in [0.5, 0.6) is 0 Å². The average molecular weight is 1120 g/mol. The Bertz CT molecular complexity index is 1670. The van der Waals surface area contributed by atoms with Crippen molar-refractivity contribution in [2.24, 2.45) is 0 Å². The average Bonchev–Trinajstić information content (AvgIpc) is 3.46. The van der Waals surface area contributed by atoms with Gasteiger partial charge in [-0.25, -0.2) is 0 Å². The molecule has 460 valence electrons. The van der Waals surface area contributed by atoms with E-state index in [9.17, 15) is 35.1 Å². The van der Waals surface area contributed by atoms with Crippen molar-refractivity contribution in [1.82, 2.24) is 5.32 Å². The van der Waals surface area contributed by atoms with E-state index in [0.29, 0.717) is 12.8 Å². The molecule has 1 saturated heterocycles. The molecule has 11 heteroatoms. The van der Waals surface area contributed by atoms with Gasteiger partial charge >= 0.3 is 5.97 Å². The van der Waals surface area contributed by atoms with Gasteiger partial charge in [-0.15, -0.1) is 0 Å². The maximum absolute atomic E-state index is 13.3. The highest BCUT2D eigenvalue weighted by molar-refractivity contribution is 5.80. The molecule has 0 aromatic heterocycles. The van der Waals surface area contributed by atoms with Crippen molar-refractivity contribution < 1.29 is 49.3 Å². The molecule has 0 aromatic carbocycles. The summed E-state index contributed by atoms with van der Waals surface area (Å²) in [6.45, 7) is 5.57. The molecule has 8 atom stereocenters. The lowest BCUT2D eigenvalue weighted by atomic mass is 9.99. The van der Waals surface area contributed by atoms with E-state index in [1.54, 1.807) is 6.08 Å². The predicted molar refractivity (Wildman–Crippen MR) is 333 cm³/mol. The Morgan fingerprint density at radius 1 is 0.512 bits per heavy atom. The lowest BCUT2D eigenvalue weighted by Gasteiger charge is -2.41. The summed E-state index contributed by atoms with van der Waals surface area (Å²) in [5.74, 6) is -1.27. The highest BCUT2D eigenvalue weighted by Crippen LogP contribution is 2.26. The molecule has 6 N–H and O–H groups in total. The Morgan fingerprint density at radius 2 is 0.950 bits per heavy atom. The minimum Gasteiger partial charge on any atom is -0.454 e. The third-order valence-electron chi connectivity index (χ3n) is 14.9. The second-order valence-corrected chi connectivity index (χ2v) is 22.2. The number of allylic oxidation sites excluding steroid dienone is 15. The van der Waals surface area contributed by atoms with Crippen molar-refractivity contribution in [3.63, 3.8) is 0 Å². The molecule has 0 saturated carbocycles. The molecule has 0 spiro atoms. The van der Waals surface area contributed by atoms with Gasteiger partial charge in [-0.3, -0.25) is 9.59 Å². The van der Waals surface area contributed by atoms with Crippen LogP contribution in [0.25, 0.3) is 0 Å². The van der Waals surface area contributed by atoms with E-state index in [-0.39, 0.29) is 19.4 Å².